The van der Waals surface area contributed by atoms with E-state index in [1.165, 1.54) is 17.3 Å². The van der Waals surface area contributed by atoms with Crippen LogP contribution in [0.25, 0.3) is 0 Å². The van der Waals surface area contributed by atoms with Crippen LogP contribution in [0.1, 0.15) is 37.8 Å². The van der Waals surface area contributed by atoms with Gasteiger partial charge in [-0.15, -0.1) is 10.2 Å². The molecule has 0 radical (unpaired) electrons. The molecule has 0 saturated carbocycles. The van der Waals surface area contributed by atoms with Crippen molar-refractivity contribution in [1.82, 2.24) is 14.8 Å². The van der Waals surface area contributed by atoms with E-state index >= 15 is 0 Å². The molecule has 0 fully saturated rings. The zero-order valence-electron chi connectivity index (χ0n) is 16.4. The molecule has 1 aliphatic heterocycles. The molecule has 9 heteroatoms. The molecule has 0 bridgehead atoms. The van der Waals surface area contributed by atoms with Crippen molar-refractivity contribution in [3.63, 3.8) is 0 Å². The average molecular weight is 409 g/mol. The van der Waals surface area contributed by atoms with E-state index in [1.807, 2.05) is 30.3 Å². The largest absolute Gasteiger partial charge is 0.486 e. The van der Waals surface area contributed by atoms with Crippen molar-refractivity contribution in [2.75, 3.05) is 18.6 Å². The molecule has 2 amide bonds. The van der Waals surface area contributed by atoms with Crippen molar-refractivity contribution in [3.8, 4) is 5.75 Å². The number of nitrogens with zero attached hydrogens (tertiary/aromatic N) is 4. The van der Waals surface area contributed by atoms with Gasteiger partial charge in [-0.2, -0.15) is 0 Å². The van der Waals surface area contributed by atoms with E-state index in [2.05, 4.69) is 10.2 Å². The fourth-order valence-corrected chi connectivity index (χ4v) is 3.78. The summed E-state index contributed by atoms with van der Waals surface area (Å²) < 4.78 is 21.2. The van der Waals surface area contributed by atoms with Gasteiger partial charge in [0.2, 0.25) is 5.95 Å². The Balaban J connectivity index is 1.84. The predicted molar refractivity (Wildman–Crippen MR) is 107 cm³/mol. The van der Waals surface area contributed by atoms with Gasteiger partial charge < -0.3 is 15.0 Å². The van der Waals surface area contributed by atoms with Crippen LogP contribution in [-0.2, 0) is 7.05 Å². The van der Waals surface area contributed by atoms with E-state index in [0.717, 1.165) is 5.56 Å². The first-order valence-corrected chi connectivity index (χ1v) is 9.29. The Hall–Kier alpha value is -3.75. The lowest BCUT2D eigenvalue weighted by molar-refractivity contribution is 0.0990. The third kappa shape index (κ3) is 3.18. The van der Waals surface area contributed by atoms with Crippen LogP contribution in [0.15, 0.2) is 48.8 Å². The summed E-state index contributed by atoms with van der Waals surface area (Å²) in [6, 6.07) is 12.3. The van der Waals surface area contributed by atoms with Gasteiger partial charge in [0.15, 0.2) is 0 Å². The Labute approximate surface area is 172 Å². The number of anilines is 1. The van der Waals surface area contributed by atoms with Crippen LogP contribution in [0.3, 0.4) is 0 Å². The maximum Gasteiger partial charge on any atom is 0.260 e. The van der Waals surface area contributed by atoms with E-state index in [9.17, 15) is 14.0 Å². The van der Waals surface area contributed by atoms with Gasteiger partial charge in [0.25, 0.3) is 11.8 Å². The van der Waals surface area contributed by atoms with Crippen molar-refractivity contribution >= 4 is 17.8 Å². The summed E-state index contributed by atoms with van der Waals surface area (Å²) in [6.45, 7) is -0.755. The second-order valence-corrected chi connectivity index (χ2v) is 7.11. The Kier molecular flexibility index (Phi) is 4.94. The molecule has 154 valence electrons. The molecule has 0 saturated heterocycles. The zero-order chi connectivity index (χ0) is 21.4. The quantitative estimate of drug-likeness (QED) is 0.695. The summed E-state index contributed by atoms with van der Waals surface area (Å²) in [4.78, 5) is 26.6. The second kappa shape index (κ2) is 7.58. The van der Waals surface area contributed by atoms with Gasteiger partial charge in [-0.05, 0) is 17.7 Å². The van der Waals surface area contributed by atoms with Crippen molar-refractivity contribution < 1.29 is 18.7 Å². The number of rotatable bonds is 5. The van der Waals surface area contributed by atoms with Crippen molar-refractivity contribution in [3.05, 3.63) is 71.0 Å². The van der Waals surface area contributed by atoms with E-state index < -0.39 is 30.5 Å². The van der Waals surface area contributed by atoms with Gasteiger partial charge >= 0.3 is 0 Å². The second-order valence-electron chi connectivity index (χ2n) is 7.11. The van der Waals surface area contributed by atoms with Gasteiger partial charge in [0, 0.05) is 25.2 Å². The highest BCUT2D eigenvalue weighted by atomic mass is 19.1. The molecule has 2 heterocycles. The number of aromatic nitrogens is 3. The average Bonchev–Trinajstić information content (AvgIpc) is 3.35. The summed E-state index contributed by atoms with van der Waals surface area (Å²) >= 11 is 0. The lowest BCUT2D eigenvalue weighted by Gasteiger charge is -2.18. The molecule has 2 N–H and O–H groups in total. The first kappa shape index (κ1) is 19.6. The zero-order valence-corrected chi connectivity index (χ0v) is 16.4. The number of amides is 2. The van der Waals surface area contributed by atoms with Crippen LogP contribution < -0.4 is 15.4 Å². The summed E-state index contributed by atoms with van der Waals surface area (Å²) in [5, 5.41) is 7.71. The van der Waals surface area contributed by atoms with Crippen LogP contribution in [0.2, 0.25) is 0 Å². The maximum atomic E-state index is 13.8. The number of fused-ring (bicyclic) bond motifs is 1. The van der Waals surface area contributed by atoms with E-state index in [4.69, 9.17) is 10.5 Å². The lowest BCUT2D eigenvalue weighted by atomic mass is 9.86. The number of halogens is 1. The standard InChI is InChI=1S/C21H20FN5O3/c1-26-11-24-25-21(26)27(2)20(29)13-8-14-17(12-6-4-3-5-7-12)16(10-22)30-18(14)15(9-13)19(23)28/h3-9,11,16-17H,10H2,1-2H3,(H2,23,28)/t16-,17+/m1/s1. The number of hydrogen-bond acceptors (Lipinski definition) is 5. The number of aryl methyl sites for hydroxylation is 1. The monoisotopic (exact) mass is 409 g/mol. The highest BCUT2D eigenvalue weighted by molar-refractivity contribution is 6.07. The van der Waals surface area contributed by atoms with Crippen LogP contribution >= 0.6 is 0 Å². The Bertz CT molecular complexity index is 1120. The molecule has 1 aromatic heterocycles. The van der Waals surface area contributed by atoms with Crippen LogP contribution in [-0.4, -0.2) is 46.4 Å². The Morgan fingerprint density at radius 1 is 1.27 bits per heavy atom. The van der Waals surface area contributed by atoms with Gasteiger partial charge in [0.05, 0.1) is 11.5 Å². The number of primary amides is 1. The number of carbonyl (C=O) groups excluding carboxylic acids is 2. The molecular formula is C21H20FN5O3. The topological polar surface area (TPSA) is 103 Å². The normalized spacial score (nSPS) is 17.3. The fraction of sp³-hybridized carbons (Fsp3) is 0.238. The summed E-state index contributed by atoms with van der Waals surface area (Å²) in [5.74, 6) is -1.09. The highest BCUT2D eigenvalue weighted by Crippen LogP contribution is 2.45. The Morgan fingerprint density at radius 2 is 2.00 bits per heavy atom. The molecule has 8 nitrogen and oxygen atoms in total. The number of hydrogen-bond donors (Lipinski definition) is 1. The third-order valence-corrected chi connectivity index (χ3v) is 5.21. The lowest BCUT2D eigenvalue weighted by Crippen LogP contribution is -2.29. The summed E-state index contributed by atoms with van der Waals surface area (Å²) in [7, 11) is 3.26. The van der Waals surface area contributed by atoms with Crippen molar-refractivity contribution in [1.29, 1.82) is 0 Å². The van der Waals surface area contributed by atoms with E-state index in [1.54, 1.807) is 24.7 Å². The summed E-state index contributed by atoms with van der Waals surface area (Å²) in [5.41, 5.74) is 7.19. The van der Waals surface area contributed by atoms with Crippen molar-refractivity contribution in [2.45, 2.75) is 12.0 Å². The molecular weight excluding hydrogens is 389 g/mol. The molecule has 3 aromatic rings. The minimum Gasteiger partial charge on any atom is -0.486 e. The number of ether oxygens (including phenoxy) is 1. The molecule has 2 atom stereocenters. The Morgan fingerprint density at radius 3 is 2.60 bits per heavy atom. The number of carbonyl (C=O) groups is 2. The minimum absolute atomic E-state index is 0.0408. The number of nitrogens with two attached hydrogens (primary N) is 1. The van der Waals surface area contributed by atoms with Crippen LogP contribution in [0, 0.1) is 0 Å². The SMILES string of the molecule is CN(C(=O)c1cc(C(N)=O)c2c(c1)[C@H](c1ccccc1)[C@@H](CF)O2)c1nncn1C. The summed E-state index contributed by atoms with van der Waals surface area (Å²) in [6.07, 6.45) is 0.657. The first-order valence-electron chi connectivity index (χ1n) is 9.29. The predicted octanol–water partition coefficient (Wildman–Crippen LogP) is 2.05. The smallest absolute Gasteiger partial charge is 0.260 e. The van der Waals surface area contributed by atoms with E-state index in [-0.39, 0.29) is 16.9 Å². The number of alkyl halides is 1. The first-order chi connectivity index (χ1) is 14.4. The molecule has 30 heavy (non-hydrogen) atoms. The molecule has 2 aromatic carbocycles. The van der Waals surface area contributed by atoms with Gasteiger partial charge in [-0.1, -0.05) is 30.3 Å². The van der Waals surface area contributed by atoms with Gasteiger partial charge in [-0.3, -0.25) is 14.5 Å². The molecule has 0 spiro atoms. The maximum absolute atomic E-state index is 13.8. The molecule has 0 unspecified atom stereocenters. The number of benzene rings is 2. The van der Waals surface area contributed by atoms with E-state index in [0.29, 0.717) is 11.5 Å². The molecule has 1 aliphatic rings. The third-order valence-electron chi connectivity index (χ3n) is 5.21. The molecule has 0 aliphatic carbocycles. The van der Waals surface area contributed by atoms with Gasteiger partial charge in [-0.25, -0.2) is 4.39 Å². The van der Waals surface area contributed by atoms with Crippen molar-refractivity contribution in [2.24, 2.45) is 12.8 Å². The van der Waals surface area contributed by atoms with Gasteiger partial charge in [0.1, 0.15) is 24.9 Å². The fourth-order valence-electron chi connectivity index (χ4n) is 3.78. The minimum atomic E-state index is -0.817. The van der Waals surface area contributed by atoms with Crippen LogP contribution in [0.4, 0.5) is 10.3 Å². The highest BCUT2D eigenvalue weighted by Gasteiger charge is 2.39. The van der Waals surface area contributed by atoms with Crippen LogP contribution in [0.5, 0.6) is 5.75 Å². The molecule has 4 rings (SSSR count).